The third-order valence-electron chi connectivity index (χ3n) is 3.00. The second-order valence-electron chi connectivity index (χ2n) is 4.95. The Morgan fingerprint density at radius 1 is 1.33 bits per heavy atom. The molecule has 0 aliphatic carbocycles. The molecule has 1 amide bonds. The fourth-order valence-electron chi connectivity index (χ4n) is 1.90. The van der Waals surface area contributed by atoms with Gasteiger partial charge in [-0.2, -0.15) is 0 Å². The first-order valence-corrected chi connectivity index (χ1v) is 6.61. The van der Waals surface area contributed by atoms with Crippen molar-refractivity contribution in [3.63, 3.8) is 0 Å². The van der Waals surface area contributed by atoms with Crippen LogP contribution in [-0.4, -0.2) is 34.9 Å². The molecule has 1 heterocycles. The van der Waals surface area contributed by atoms with Crippen molar-refractivity contribution in [2.24, 2.45) is 0 Å². The Labute approximate surface area is 124 Å². The standard InChI is InChI=1S/C15H19N5O/c1-10-17-7-6-12(19-10)9-18-14-5-4-11(8-13(14)16)15(21)20(2)3/h4-8,18H,9,16H2,1-3H3. The van der Waals surface area contributed by atoms with Gasteiger partial charge < -0.3 is 16.0 Å². The number of carbonyl (C=O) groups excluding carboxylic acids is 1. The third-order valence-corrected chi connectivity index (χ3v) is 3.00. The average molecular weight is 285 g/mol. The van der Waals surface area contributed by atoms with Crippen molar-refractivity contribution < 1.29 is 4.79 Å². The quantitative estimate of drug-likeness (QED) is 0.835. The van der Waals surface area contributed by atoms with Gasteiger partial charge in [0.15, 0.2) is 0 Å². The summed E-state index contributed by atoms with van der Waals surface area (Å²) in [5.41, 5.74) is 8.76. The highest BCUT2D eigenvalue weighted by Crippen LogP contribution is 2.21. The molecular weight excluding hydrogens is 266 g/mol. The average Bonchev–Trinajstić information content (AvgIpc) is 2.45. The summed E-state index contributed by atoms with van der Waals surface area (Å²) < 4.78 is 0. The topological polar surface area (TPSA) is 84.1 Å². The summed E-state index contributed by atoms with van der Waals surface area (Å²) in [6, 6.07) is 7.09. The van der Waals surface area contributed by atoms with Crippen LogP contribution in [0.4, 0.5) is 11.4 Å². The minimum absolute atomic E-state index is 0.0697. The molecule has 0 radical (unpaired) electrons. The zero-order valence-electron chi connectivity index (χ0n) is 12.4. The van der Waals surface area contributed by atoms with Crippen LogP contribution in [0, 0.1) is 6.92 Å². The van der Waals surface area contributed by atoms with Gasteiger partial charge in [-0.1, -0.05) is 0 Å². The molecule has 1 aromatic heterocycles. The maximum atomic E-state index is 11.9. The Bertz CT molecular complexity index is 654. The van der Waals surface area contributed by atoms with Gasteiger partial charge in [-0.3, -0.25) is 4.79 Å². The second kappa shape index (κ2) is 6.21. The lowest BCUT2D eigenvalue weighted by Crippen LogP contribution is -2.21. The molecule has 0 bridgehead atoms. The van der Waals surface area contributed by atoms with Gasteiger partial charge >= 0.3 is 0 Å². The summed E-state index contributed by atoms with van der Waals surface area (Å²) >= 11 is 0. The van der Waals surface area contributed by atoms with E-state index in [-0.39, 0.29) is 5.91 Å². The van der Waals surface area contributed by atoms with E-state index < -0.39 is 0 Å². The number of amides is 1. The van der Waals surface area contributed by atoms with Crippen LogP contribution in [0.5, 0.6) is 0 Å². The molecule has 2 aromatic rings. The monoisotopic (exact) mass is 285 g/mol. The summed E-state index contributed by atoms with van der Waals surface area (Å²) in [7, 11) is 3.42. The summed E-state index contributed by atoms with van der Waals surface area (Å²) in [5.74, 6) is 0.661. The predicted octanol–water partition coefficient (Wildman–Crippen LogP) is 1.68. The van der Waals surface area contributed by atoms with Crippen LogP contribution in [0.3, 0.4) is 0 Å². The maximum Gasteiger partial charge on any atom is 0.253 e. The molecule has 6 nitrogen and oxygen atoms in total. The number of nitrogen functional groups attached to an aromatic ring is 1. The van der Waals surface area contributed by atoms with Crippen molar-refractivity contribution in [1.29, 1.82) is 0 Å². The van der Waals surface area contributed by atoms with Gasteiger partial charge in [0.2, 0.25) is 0 Å². The van der Waals surface area contributed by atoms with Crippen LogP contribution in [0.2, 0.25) is 0 Å². The predicted molar refractivity (Wildman–Crippen MR) is 83.0 cm³/mol. The van der Waals surface area contributed by atoms with Gasteiger partial charge in [-0.15, -0.1) is 0 Å². The molecule has 1 aromatic carbocycles. The van der Waals surface area contributed by atoms with E-state index in [1.807, 2.05) is 13.0 Å². The third kappa shape index (κ3) is 3.68. The fourth-order valence-corrected chi connectivity index (χ4v) is 1.90. The number of hydrogen-bond acceptors (Lipinski definition) is 5. The van der Waals surface area contributed by atoms with Crippen molar-refractivity contribution in [1.82, 2.24) is 14.9 Å². The molecular formula is C15H19N5O. The highest BCUT2D eigenvalue weighted by Gasteiger charge is 2.10. The molecule has 3 N–H and O–H groups in total. The van der Waals surface area contributed by atoms with Crippen LogP contribution < -0.4 is 11.1 Å². The van der Waals surface area contributed by atoms with Gasteiger partial charge in [0.25, 0.3) is 5.91 Å². The summed E-state index contributed by atoms with van der Waals surface area (Å²) in [4.78, 5) is 21.7. The van der Waals surface area contributed by atoms with E-state index in [1.165, 1.54) is 4.90 Å². The van der Waals surface area contributed by atoms with Gasteiger partial charge in [0, 0.05) is 25.9 Å². The van der Waals surface area contributed by atoms with Crippen molar-refractivity contribution in [2.75, 3.05) is 25.1 Å². The summed E-state index contributed by atoms with van der Waals surface area (Å²) in [6.07, 6.45) is 1.72. The van der Waals surface area contributed by atoms with Crippen molar-refractivity contribution in [2.45, 2.75) is 13.5 Å². The van der Waals surface area contributed by atoms with Crippen molar-refractivity contribution in [3.8, 4) is 0 Å². The highest BCUT2D eigenvalue weighted by atomic mass is 16.2. The molecule has 0 unspecified atom stereocenters. The molecule has 0 aliphatic heterocycles. The Kier molecular flexibility index (Phi) is 4.37. The number of hydrogen-bond donors (Lipinski definition) is 2. The Balaban J connectivity index is 2.09. The van der Waals surface area contributed by atoms with Crippen LogP contribution in [0.15, 0.2) is 30.5 Å². The molecule has 2 rings (SSSR count). The molecule has 0 saturated heterocycles. The van der Waals surface area contributed by atoms with Crippen LogP contribution in [0.25, 0.3) is 0 Å². The van der Waals surface area contributed by atoms with Crippen molar-refractivity contribution in [3.05, 3.63) is 47.5 Å². The number of rotatable bonds is 4. The van der Waals surface area contributed by atoms with E-state index in [0.29, 0.717) is 17.8 Å². The lowest BCUT2D eigenvalue weighted by Gasteiger charge is -2.13. The largest absolute Gasteiger partial charge is 0.397 e. The molecule has 0 fully saturated rings. The molecule has 0 aliphatic rings. The lowest BCUT2D eigenvalue weighted by molar-refractivity contribution is 0.0827. The number of nitrogens with zero attached hydrogens (tertiary/aromatic N) is 3. The molecule has 0 spiro atoms. The number of carbonyl (C=O) groups is 1. The highest BCUT2D eigenvalue weighted by molar-refractivity contribution is 5.95. The fraction of sp³-hybridized carbons (Fsp3) is 0.267. The Morgan fingerprint density at radius 3 is 2.71 bits per heavy atom. The lowest BCUT2D eigenvalue weighted by atomic mass is 10.1. The second-order valence-corrected chi connectivity index (χ2v) is 4.95. The first kappa shape index (κ1) is 14.8. The van der Waals surface area contributed by atoms with E-state index in [1.54, 1.807) is 38.5 Å². The number of nitrogens with one attached hydrogen (secondary N) is 1. The number of anilines is 2. The first-order chi connectivity index (χ1) is 9.97. The van der Waals surface area contributed by atoms with Gasteiger partial charge in [-0.25, -0.2) is 9.97 Å². The normalized spacial score (nSPS) is 10.2. The van der Waals surface area contributed by atoms with Crippen LogP contribution >= 0.6 is 0 Å². The van der Waals surface area contributed by atoms with E-state index in [4.69, 9.17) is 5.73 Å². The number of aromatic nitrogens is 2. The zero-order chi connectivity index (χ0) is 15.4. The van der Waals surface area contributed by atoms with E-state index >= 15 is 0 Å². The number of nitrogens with two attached hydrogens (primary N) is 1. The maximum absolute atomic E-state index is 11.9. The van der Waals surface area contributed by atoms with Crippen LogP contribution in [-0.2, 0) is 6.54 Å². The van der Waals surface area contributed by atoms with Crippen molar-refractivity contribution >= 4 is 17.3 Å². The SMILES string of the molecule is Cc1nccc(CNc2ccc(C(=O)N(C)C)cc2N)n1. The smallest absolute Gasteiger partial charge is 0.253 e. The van der Waals surface area contributed by atoms with E-state index in [2.05, 4.69) is 15.3 Å². The van der Waals surface area contributed by atoms with E-state index in [0.717, 1.165) is 17.2 Å². The van der Waals surface area contributed by atoms with Gasteiger partial charge in [0.05, 0.1) is 23.6 Å². The van der Waals surface area contributed by atoms with Crippen LogP contribution in [0.1, 0.15) is 21.9 Å². The first-order valence-electron chi connectivity index (χ1n) is 6.61. The minimum atomic E-state index is -0.0697. The molecule has 110 valence electrons. The van der Waals surface area contributed by atoms with Gasteiger partial charge in [0.1, 0.15) is 5.82 Å². The Morgan fingerprint density at radius 2 is 2.10 bits per heavy atom. The summed E-state index contributed by atoms with van der Waals surface area (Å²) in [6.45, 7) is 2.40. The summed E-state index contributed by atoms with van der Waals surface area (Å²) in [5, 5.41) is 3.21. The van der Waals surface area contributed by atoms with E-state index in [9.17, 15) is 4.79 Å². The molecule has 0 atom stereocenters. The molecule has 6 heteroatoms. The minimum Gasteiger partial charge on any atom is -0.397 e. The molecule has 0 saturated carbocycles. The molecule has 21 heavy (non-hydrogen) atoms. The van der Waals surface area contributed by atoms with Gasteiger partial charge in [-0.05, 0) is 31.2 Å². The Hall–Kier alpha value is -2.63. The number of benzene rings is 1. The number of aryl methyl sites for hydroxylation is 1. The zero-order valence-corrected chi connectivity index (χ0v) is 12.4.